The Kier molecular flexibility index (Phi) is 5.14. The Morgan fingerprint density at radius 1 is 1.41 bits per heavy atom. The van der Waals surface area contributed by atoms with E-state index in [-0.39, 0.29) is 6.03 Å². The molecule has 1 fully saturated rings. The number of amides is 2. The summed E-state index contributed by atoms with van der Waals surface area (Å²) < 4.78 is 0. The van der Waals surface area contributed by atoms with Gasteiger partial charge in [0.1, 0.15) is 5.82 Å². The third-order valence-electron chi connectivity index (χ3n) is 4.72. The van der Waals surface area contributed by atoms with Crippen LogP contribution >= 0.6 is 0 Å². The zero-order valence-corrected chi connectivity index (χ0v) is 13.2. The normalized spacial score (nSPS) is 22.3. The second-order valence-electron chi connectivity index (χ2n) is 6.35. The number of rotatable bonds is 4. The third-order valence-corrected chi connectivity index (χ3v) is 4.72. The van der Waals surface area contributed by atoms with E-state index in [9.17, 15) is 4.79 Å². The van der Waals surface area contributed by atoms with Gasteiger partial charge in [0, 0.05) is 37.9 Å². The number of nitrogens with one attached hydrogen (secondary N) is 2. The van der Waals surface area contributed by atoms with Crippen molar-refractivity contribution in [2.24, 2.45) is 0 Å². The number of nitrogens with zero attached hydrogens (tertiary/aromatic N) is 2. The maximum absolute atomic E-state index is 12.3. The first-order valence-corrected chi connectivity index (χ1v) is 8.53. The number of urea groups is 1. The smallest absolute Gasteiger partial charge is 0.317 e. The molecule has 5 heteroatoms. The molecule has 2 N–H and O–H groups in total. The summed E-state index contributed by atoms with van der Waals surface area (Å²) in [4.78, 5) is 21.8. The van der Waals surface area contributed by atoms with Crippen LogP contribution in [0.15, 0.2) is 24.0 Å². The van der Waals surface area contributed by atoms with E-state index in [4.69, 9.17) is 0 Å². The molecular formula is C17H26N4O. The number of carbonyl (C=O) groups is 1. The quantitative estimate of drug-likeness (QED) is 0.839. The fourth-order valence-corrected chi connectivity index (χ4v) is 3.46. The number of aromatic nitrogens is 2. The van der Waals surface area contributed by atoms with Crippen molar-refractivity contribution in [2.45, 2.75) is 50.9 Å². The summed E-state index contributed by atoms with van der Waals surface area (Å²) in [6.07, 6.45) is 14.2. The molecular weight excluding hydrogens is 276 g/mol. The molecule has 1 aliphatic heterocycles. The molecule has 0 bridgehead atoms. The van der Waals surface area contributed by atoms with Gasteiger partial charge >= 0.3 is 6.03 Å². The number of H-pyrrole nitrogens is 1. The molecule has 0 saturated carbocycles. The molecule has 2 heterocycles. The van der Waals surface area contributed by atoms with Gasteiger partial charge in [-0.25, -0.2) is 9.78 Å². The molecule has 2 aliphatic rings. The number of likely N-dealkylation sites (tertiary alicyclic amines) is 1. The molecule has 1 aromatic heterocycles. The summed E-state index contributed by atoms with van der Waals surface area (Å²) in [7, 11) is 0. The van der Waals surface area contributed by atoms with Crippen LogP contribution in [0, 0.1) is 0 Å². The van der Waals surface area contributed by atoms with E-state index < -0.39 is 0 Å². The van der Waals surface area contributed by atoms with Gasteiger partial charge in [0.05, 0.1) is 0 Å². The molecule has 1 saturated heterocycles. The number of piperidine rings is 1. The van der Waals surface area contributed by atoms with Crippen LogP contribution in [0.5, 0.6) is 0 Å². The van der Waals surface area contributed by atoms with E-state index in [1.54, 1.807) is 6.20 Å². The van der Waals surface area contributed by atoms with E-state index in [0.717, 1.165) is 44.7 Å². The first-order valence-electron chi connectivity index (χ1n) is 8.53. The maximum Gasteiger partial charge on any atom is 0.317 e. The number of hydrogen-bond donors (Lipinski definition) is 2. The van der Waals surface area contributed by atoms with Gasteiger partial charge in [-0.05, 0) is 44.9 Å². The van der Waals surface area contributed by atoms with Gasteiger partial charge in [0.2, 0.25) is 0 Å². The van der Waals surface area contributed by atoms with E-state index in [1.165, 1.54) is 31.3 Å². The molecule has 2 amide bonds. The van der Waals surface area contributed by atoms with Gasteiger partial charge in [-0.1, -0.05) is 11.6 Å². The van der Waals surface area contributed by atoms with Crippen LogP contribution in [-0.2, 0) is 0 Å². The van der Waals surface area contributed by atoms with Gasteiger partial charge in [-0.15, -0.1) is 0 Å². The van der Waals surface area contributed by atoms with Crippen molar-refractivity contribution in [3.8, 4) is 0 Å². The molecule has 120 valence electrons. The fraction of sp³-hybridized carbons (Fsp3) is 0.647. The largest absolute Gasteiger partial charge is 0.348 e. The van der Waals surface area contributed by atoms with Gasteiger partial charge in [0.15, 0.2) is 0 Å². The number of hydrogen-bond acceptors (Lipinski definition) is 2. The number of allylic oxidation sites excluding steroid dienone is 1. The minimum absolute atomic E-state index is 0.0765. The predicted octanol–water partition coefficient (Wildman–Crippen LogP) is 3.19. The topological polar surface area (TPSA) is 61.0 Å². The van der Waals surface area contributed by atoms with E-state index >= 15 is 0 Å². The summed E-state index contributed by atoms with van der Waals surface area (Å²) in [5.41, 5.74) is 1.51. The molecule has 0 radical (unpaired) electrons. The Morgan fingerprint density at radius 2 is 2.36 bits per heavy atom. The van der Waals surface area contributed by atoms with Crippen molar-refractivity contribution < 1.29 is 4.79 Å². The summed E-state index contributed by atoms with van der Waals surface area (Å²) in [6.45, 7) is 2.38. The van der Waals surface area contributed by atoms with E-state index in [1.807, 2.05) is 11.1 Å². The lowest BCUT2D eigenvalue weighted by molar-refractivity contribution is 0.178. The highest BCUT2D eigenvalue weighted by Gasteiger charge is 2.25. The van der Waals surface area contributed by atoms with Gasteiger partial charge in [-0.2, -0.15) is 0 Å². The SMILES string of the molecule is O=C(NCCC1=CCCCC1)N1CCC[C@@H](c2ncc[nH]2)C1. The van der Waals surface area contributed by atoms with Crippen molar-refractivity contribution >= 4 is 6.03 Å². The molecule has 0 unspecified atom stereocenters. The van der Waals surface area contributed by atoms with E-state index in [2.05, 4.69) is 21.4 Å². The van der Waals surface area contributed by atoms with Crippen LogP contribution in [-0.4, -0.2) is 40.5 Å². The number of carbonyl (C=O) groups excluding carboxylic acids is 1. The Morgan fingerprint density at radius 3 is 3.14 bits per heavy atom. The minimum Gasteiger partial charge on any atom is -0.348 e. The summed E-state index contributed by atoms with van der Waals surface area (Å²) >= 11 is 0. The third kappa shape index (κ3) is 3.90. The molecule has 22 heavy (non-hydrogen) atoms. The van der Waals surface area contributed by atoms with Gasteiger partial charge < -0.3 is 15.2 Å². The highest BCUT2D eigenvalue weighted by Crippen LogP contribution is 2.24. The van der Waals surface area contributed by atoms with Crippen LogP contribution in [0.3, 0.4) is 0 Å². The molecule has 3 rings (SSSR count). The Hall–Kier alpha value is -1.78. The lowest BCUT2D eigenvalue weighted by Crippen LogP contribution is -2.45. The van der Waals surface area contributed by atoms with Crippen molar-refractivity contribution in [3.63, 3.8) is 0 Å². The van der Waals surface area contributed by atoms with Crippen molar-refractivity contribution in [1.82, 2.24) is 20.2 Å². The molecule has 0 aromatic carbocycles. The fourth-order valence-electron chi connectivity index (χ4n) is 3.46. The van der Waals surface area contributed by atoms with Gasteiger partial charge in [0.25, 0.3) is 0 Å². The van der Waals surface area contributed by atoms with E-state index in [0.29, 0.717) is 5.92 Å². The number of imidazole rings is 1. The average Bonchev–Trinajstić information content (AvgIpc) is 3.10. The maximum atomic E-state index is 12.3. The Bertz CT molecular complexity index is 509. The monoisotopic (exact) mass is 302 g/mol. The van der Waals surface area contributed by atoms with Crippen molar-refractivity contribution in [1.29, 1.82) is 0 Å². The predicted molar refractivity (Wildman–Crippen MR) is 86.7 cm³/mol. The van der Waals surface area contributed by atoms with Crippen LogP contribution in [0.2, 0.25) is 0 Å². The molecule has 1 aromatic rings. The van der Waals surface area contributed by atoms with Crippen LogP contribution in [0.1, 0.15) is 56.7 Å². The van der Waals surface area contributed by atoms with Crippen LogP contribution in [0.25, 0.3) is 0 Å². The standard InChI is InChI=1S/C17H26N4O/c22-17(20-9-8-14-5-2-1-3-6-14)21-12-4-7-15(13-21)16-18-10-11-19-16/h5,10-11,15H,1-4,6-9,12-13H2,(H,18,19)(H,20,22)/t15-/m1/s1. The highest BCUT2D eigenvalue weighted by atomic mass is 16.2. The molecule has 1 aliphatic carbocycles. The lowest BCUT2D eigenvalue weighted by atomic mass is 9.97. The molecule has 0 spiro atoms. The lowest BCUT2D eigenvalue weighted by Gasteiger charge is -2.32. The first kappa shape index (κ1) is 15.1. The second kappa shape index (κ2) is 7.47. The Labute approximate surface area is 132 Å². The van der Waals surface area contributed by atoms with Crippen LogP contribution in [0.4, 0.5) is 4.79 Å². The molecule has 5 nitrogen and oxygen atoms in total. The summed E-state index contributed by atoms with van der Waals surface area (Å²) in [5, 5.41) is 3.08. The summed E-state index contributed by atoms with van der Waals surface area (Å²) in [6, 6.07) is 0.0765. The minimum atomic E-state index is 0.0765. The average molecular weight is 302 g/mol. The van der Waals surface area contributed by atoms with Crippen LogP contribution < -0.4 is 5.32 Å². The number of aromatic amines is 1. The van der Waals surface area contributed by atoms with Crippen molar-refractivity contribution in [2.75, 3.05) is 19.6 Å². The van der Waals surface area contributed by atoms with Crippen molar-refractivity contribution in [3.05, 3.63) is 29.9 Å². The second-order valence-corrected chi connectivity index (χ2v) is 6.35. The molecule has 1 atom stereocenters. The Balaban J connectivity index is 1.44. The summed E-state index contributed by atoms with van der Waals surface area (Å²) in [5.74, 6) is 1.35. The zero-order valence-electron chi connectivity index (χ0n) is 13.2. The first-order chi connectivity index (χ1) is 10.8. The van der Waals surface area contributed by atoms with Gasteiger partial charge in [-0.3, -0.25) is 0 Å². The highest BCUT2D eigenvalue weighted by molar-refractivity contribution is 5.74. The zero-order chi connectivity index (χ0) is 15.2.